The molecule has 0 saturated heterocycles. The predicted octanol–water partition coefficient (Wildman–Crippen LogP) is 7.44. The quantitative estimate of drug-likeness (QED) is 0.473. The second kappa shape index (κ2) is 7.45. The number of benzene rings is 2. The van der Waals surface area contributed by atoms with Crippen molar-refractivity contribution in [2.45, 2.75) is 123 Å². The molecule has 0 saturated carbocycles. The molecule has 182 valence electrons. The van der Waals surface area contributed by atoms with Crippen molar-refractivity contribution in [3.05, 3.63) is 67.8 Å². The highest BCUT2D eigenvalue weighted by Crippen LogP contribution is 2.53. The summed E-state index contributed by atoms with van der Waals surface area (Å²) in [4.78, 5) is 0. The third kappa shape index (κ3) is 3.29. The highest BCUT2D eigenvalue weighted by molar-refractivity contribution is 5.57. The Kier molecular flexibility index (Phi) is 5.01. The maximum absolute atomic E-state index is 10.9. The molecule has 0 heterocycles. The maximum atomic E-state index is 10.9. The summed E-state index contributed by atoms with van der Waals surface area (Å²) in [6.07, 6.45) is 9.28. The van der Waals surface area contributed by atoms with E-state index < -0.39 is 0 Å². The largest absolute Gasteiger partial charge is 0.388 e. The Labute approximate surface area is 207 Å². The summed E-state index contributed by atoms with van der Waals surface area (Å²) in [5, 5.41) is 10.9. The lowest BCUT2D eigenvalue weighted by Gasteiger charge is -2.30. The van der Waals surface area contributed by atoms with Crippen molar-refractivity contribution < 1.29 is 5.11 Å². The molecule has 2 aromatic carbocycles. The molecule has 34 heavy (non-hydrogen) atoms. The normalized spacial score (nSPS) is 27.6. The van der Waals surface area contributed by atoms with Crippen LogP contribution in [0.4, 0.5) is 0 Å². The van der Waals surface area contributed by atoms with Crippen LogP contribution in [0.15, 0.2) is 12.1 Å². The van der Waals surface area contributed by atoms with E-state index in [9.17, 15) is 5.11 Å². The molecule has 4 unspecified atom stereocenters. The Bertz CT molecular complexity index is 1170. The first-order valence-corrected chi connectivity index (χ1v) is 14.0. The number of aryl methyl sites for hydroxylation is 2. The zero-order chi connectivity index (χ0) is 24.2. The Morgan fingerprint density at radius 3 is 2.09 bits per heavy atom. The number of aliphatic hydroxyl groups excluding tert-OH is 1. The monoisotopic (exact) mass is 456 g/mol. The number of hydrogen-bond acceptors (Lipinski definition) is 1. The molecule has 0 radical (unpaired) electrons. The van der Waals surface area contributed by atoms with Crippen molar-refractivity contribution in [1.82, 2.24) is 0 Å². The van der Waals surface area contributed by atoms with Crippen LogP contribution in [0.25, 0.3) is 0 Å². The highest BCUT2D eigenvalue weighted by atomic mass is 16.3. The molecule has 1 heteroatoms. The summed E-state index contributed by atoms with van der Waals surface area (Å²) >= 11 is 0. The van der Waals surface area contributed by atoms with Gasteiger partial charge in [0.1, 0.15) is 0 Å². The first kappa shape index (κ1) is 22.8. The van der Waals surface area contributed by atoms with Gasteiger partial charge in [-0.05, 0) is 136 Å². The fourth-order valence-corrected chi connectivity index (χ4v) is 8.66. The van der Waals surface area contributed by atoms with Crippen LogP contribution >= 0.6 is 0 Å². The lowest BCUT2D eigenvalue weighted by molar-refractivity contribution is 0.177. The van der Waals surface area contributed by atoms with E-state index in [2.05, 4.69) is 60.6 Å². The number of hydrogen-bond donors (Lipinski definition) is 1. The summed E-state index contributed by atoms with van der Waals surface area (Å²) < 4.78 is 0. The lowest BCUT2D eigenvalue weighted by atomic mass is 9.74. The van der Waals surface area contributed by atoms with Gasteiger partial charge in [0, 0.05) is 0 Å². The van der Waals surface area contributed by atoms with Gasteiger partial charge in [-0.15, -0.1) is 0 Å². The smallest absolute Gasteiger partial charge is 0.0798 e. The van der Waals surface area contributed by atoms with Crippen LogP contribution in [-0.2, 0) is 49.4 Å². The second-order valence-corrected chi connectivity index (χ2v) is 14.2. The minimum absolute atomic E-state index is 0.0834. The van der Waals surface area contributed by atoms with Gasteiger partial charge in [0.2, 0.25) is 0 Å². The molecule has 4 aliphatic rings. The zero-order valence-corrected chi connectivity index (χ0v) is 22.6. The van der Waals surface area contributed by atoms with Gasteiger partial charge in [-0.2, -0.15) is 0 Å². The fraction of sp³-hybridized carbons (Fsp3) is 0.636. The van der Waals surface area contributed by atoms with E-state index in [-0.39, 0.29) is 16.9 Å². The van der Waals surface area contributed by atoms with Gasteiger partial charge in [-0.25, -0.2) is 0 Å². The van der Waals surface area contributed by atoms with Gasteiger partial charge in [-0.1, -0.05) is 60.6 Å². The SMILES string of the molecule is CC1c2c(cc3c(c2C(C)(C)C)CCC3)CC1C1Cc2cc3c(c(C(C)(C)C)c2C1)C(O)CC3. The summed E-state index contributed by atoms with van der Waals surface area (Å²) in [5.41, 5.74) is 16.2. The average Bonchev–Trinajstić information content (AvgIpc) is 3.49. The third-order valence-electron chi connectivity index (χ3n) is 9.81. The van der Waals surface area contributed by atoms with E-state index in [0.29, 0.717) is 5.92 Å². The topological polar surface area (TPSA) is 20.2 Å². The van der Waals surface area contributed by atoms with E-state index in [1.807, 2.05) is 0 Å². The fourth-order valence-electron chi connectivity index (χ4n) is 8.66. The summed E-state index contributed by atoms with van der Waals surface area (Å²) in [6.45, 7) is 16.9. The van der Waals surface area contributed by atoms with Gasteiger partial charge in [0.15, 0.2) is 0 Å². The Morgan fingerprint density at radius 1 is 0.706 bits per heavy atom. The van der Waals surface area contributed by atoms with Crippen LogP contribution in [0, 0.1) is 11.8 Å². The number of aliphatic hydroxyl groups is 1. The maximum Gasteiger partial charge on any atom is 0.0798 e. The van der Waals surface area contributed by atoms with Gasteiger partial charge in [0.05, 0.1) is 6.10 Å². The summed E-state index contributed by atoms with van der Waals surface area (Å²) in [6, 6.07) is 5.12. The van der Waals surface area contributed by atoms with E-state index in [1.54, 1.807) is 38.9 Å². The molecule has 0 amide bonds. The minimum atomic E-state index is -0.264. The molecular weight excluding hydrogens is 412 g/mol. The zero-order valence-electron chi connectivity index (χ0n) is 22.6. The van der Waals surface area contributed by atoms with E-state index in [4.69, 9.17) is 0 Å². The molecule has 6 rings (SSSR count). The first-order chi connectivity index (χ1) is 15.9. The minimum Gasteiger partial charge on any atom is -0.388 e. The molecule has 0 aliphatic heterocycles. The van der Waals surface area contributed by atoms with Crippen molar-refractivity contribution >= 4 is 0 Å². The number of rotatable bonds is 1. The third-order valence-corrected chi connectivity index (χ3v) is 9.81. The summed E-state index contributed by atoms with van der Waals surface area (Å²) in [7, 11) is 0. The molecule has 0 bridgehead atoms. The van der Waals surface area contributed by atoms with Crippen molar-refractivity contribution in [3.63, 3.8) is 0 Å². The molecule has 0 spiro atoms. The highest BCUT2D eigenvalue weighted by Gasteiger charge is 2.44. The van der Waals surface area contributed by atoms with Crippen LogP contribution in [0.5, 0.6) is 0 Å². The Hall–Kier alpha value is -1.60. The van der Waals surface area contributed by atoms with Gasteiger partial charge in [0.25, 0.3) is 0 Å². The van der Waals surface area contributed by atoms with Gasteiger partial charge < -0.3 is 5.11 Å². The van der Waals surface area contributed by atoms with Crippen LogP contribution in [-0.4, -0.2) is 5.11 Å². The van der Waals surface area contributed by atoms with E-state index in [1.165, 1.54) is 55.2 Å². The summed E-state index contributed by atoms with van der Waals surface area (Å²) in [5.74, 6) is 2.10. The van der Waals surface area contributed by atoms with Crippen LogP contribution in [0.2, 0.25) is 0 Å². The molecule has 1 N–H and O–H groups in total. The average molecular weight is 457 g/mol. The van der Waals surface area contributed by atoms with Gasteiger partial charge >= 0.3 is 0 Å². The van der Waals surface area contributed by atoms with Crippen molar-refractivity contribution in [1.29, 1.82) is 0 Å². The Morgan fingerprint density at radius 2 is 1.38 bits per heavy atom. The molecule has 0 fully saturated rings. The molecular formula is C33H44O. The van der Waals surface area contributed by atoms with Crippen LogP contribution in [0.3, 0.4) is 0 Å². The Balaban J connectivity index is 1.39. The molecule has 4 aliphatic carbocycles. The van der Waals surface area contributed by atoms with Gasteiger partial charge in [-0.3, -0.25) is 0 Å². The molecule has 2 aromatic rings. The predicted molar refractivity (Wildman–Crippen MR) is 142 cm³/mol. The molecule has 1 nitrogen and oxygen atoms in total. The van der Waals surface area contributed by atoms with Crippen LogP contribution in [0.1, 0.15) is 129 Å². The standard InChI is InChI=1S/C33H44O/c1-18-25(17-23-13-19-9-8-10-24(19)30(28(18)23)32(2,3)4)22-15-21-14-20-11-12-27(34)29(20)31(26(21)16-22)33(5,6)7/h13-14,18,22,25,27,34H,8-12,15-17H2,1-7H3. The lowest BCUT2D eigenvalue weighted by Crippen LogP contribution is -2.22. The van der Waals surface area contributed by atoms with Crippen molar-refractivity contribution in [2.24, 2.45) is 11.8 Å². The van der Waals surface area contributed by atoms with Crippen molar-refractivity contribution in [3.8, 4) is 0 Å². The molecule has 4 atom stereocenters. The van der Waals surface area contributed by atoms with Crippen LogP contribution < -0.4 is 0 Å². The first-order valence-electron chi connectivity index (χ1n) is 14.0. The number of fused-ring (bicyclic) bond motifs is 4. The van der Waals surface area contributed by atoms with E-state index >= 15 is 0 Å². The molecule has 0 aromatic heterocycles. The van der Waals surface area contributed by atoms with Crippen molar-refractivity contribution in [2.75, 3.05) is 0 Å². The van der Waals surface area contributed by atoms with E-state index in [0.717, 1.165) is 24.7 Å². The second-order valence-electron chi connectivity index (χ2n) is 14.2.